The van der Waals surface area contributed by atoms with Gasteiger partial charge < -0.3 is 15.4 Å². The fourth-order valence-corrected chi connectivity index (χ4v) is 2.11. The molecule has 0 saturated carbocycles. The molecule has 2 amide bonds. The van der Waals surface area contributed by atoms with E-state index >= 15 is 0 Å². The zero-order valence-corrected chi connectivity index (χ0v) is 12.6. The Balaban J connectivity index is 1.96. The number of rotatable bonds is 4. The minimum atomic E-state index is -0.369. The van der Waals surface area contributed by atoms with Crippen molar-refractivity contribution >= 4 is 23.3 Å². The Morgan fingerprint density at radius 2 is 2.09 bits per heavy atom. The molecule has 0 heterocycles. The van der Waals surface area contributed by atoms with Crippen LogP contribution in [0.3, 0.4) is 0 Å². The molecule has 2 N–H and O–H groups in total. The monoisotopic (exact) mass is 315 g/mol. The fraction of sp³-hybridized carbons (Fsp3) is 0.125. The molecule has 0 aliphatic carbocycles. The number of urea groups is 1. The average molecular weight is 316 g/mol. The van der Waals surface area contributed by atoms with E-state index in [-0.39, 0.29) is 6.03 Å². The van der Waals surface area contributed by atoms with Crippen LogP contribution in [0.5, 0.6) is 5.75 Å². The Bertz CT molecular complexity index is 726. The number of carbonyl (C=O) groups is 1. The highest BCUT2D eigenvalue weighted by molar-refractivity contribution is 6.32. The number of anilines is 1. The van der Waals surface area contributed by atoms with Crippen LogP contribution in [-0.2, 0) is 6.54 Å². The maximum absolute atomic E-state index is 11.9. The number of methoxy groups -OCH3 is 1. The zero-order chi connectivity index (χ0) is 15.9. The first-order chi connectivity index (χ1) is 10.6. The molecule has 2 aromatic carbocycles. The largest absolute Gasteiger partial charge is 0.496 e. The lowest BCUT2D eigenvalue weighted by atomic mass is 10.2. The number of para-hydroxylation sites is 1. The molecule has 22 heavy (non-hydrogen) atoms. The van der Waals surface area contributed by atoms with E-state index < -0.39 is 0 Å². The van der Waals surface area contributed by atoms with Gasteiger partial charge in [-0.05, 0) is 24.3 Å². The topological polar surface area (TPSA) is 74.2 Å². The van der Waals surface area contributed by atoms with Crippen molar-refractivity contribution in [2.45, 2.75) is 6.54 Å². The molecule has 0 saturated heterocycles. The van der Waals surface area contributed by atoms with Crippen LogP contribution in [0.2, 0.25) is 5.02 Å². The van der Waals surface area contributed by atoms with Gasteiger partial charge in [-0.25, -0.2) is 4.79 Å². The van der Waals surface area contributed by atoms with Crippen LogP contribution in [-0.4, -0.2) is 13.1 Å². The summed E-state index contributed by atoms with van der Waals surface area (Å²) in [7, 11) is 1.58. The third-order valence-corrected chi connectivity index (χ3v) is 3.29. The summed E-state index contributed by atoms with van der Waals surface area (Å²) >= 11 is 5.91. The van der Waals surface area contributed by atoms with Gasteiger partial charge in [0.05, 0.1) is 17.7 Å². The number of hydrogen-bond donors (Lipinski definition) is 2. The Morgan fingerprint density at radius 3 is 2.77 bits per heavy atom. The normalized spacial score (nSPS) is 9.68. The minimum Gasteiger partial charge on any atom is -0.496 e. The molecule has 0 fully saturated rings. The number of ether oxygens (including phenoxy) is 1. The third-order valence-electron chi connectivity index (χ3n) is 2.98. The smallest absolute Gasteiger partial charge is 0.319 e. The first-order valence-corrected chi connectivity index (χ1v) is 6.88. The average Bonchev–Trinajstić information content (AvgIpc) is 2.53. The molecule has 0 atom stereocenters. The van der Waals surface area contributed by atoms with Gasteiger partial charge in [0.1, 0.15) is 11.8 Å². The van der Waals surface area contributed by atoms with E-state index in [1.54, 1.807) is 19.2 Å². The summed E-state index contributed by atoms with van der Waals surface area (Å²) in [5, 5.41) is 14.5. The van der Waals surface area contributed by atoms with Crippen molar-refractivity contribution in [1.29, 1.82) is 5.26 Å². The van der Waals surface area contributed by atoms with E-state index in [0.717, 1.165) is 5.56 Å². The predicted octanol–water partition coefficient (Wildman–Crippen LogP) is 3.54. The summed E-state index contributed by atoms with van der Waals surface area (Å²) in [5.41, 5.74) is 1.75. The lowest BCUT2D eigenvalue weighted by Gasteiger charge is -2.11. The number of halogens is 1. The van der Waals surface area contributed by atoms with E-state index in [1.165, 1.54) is 6.07 Å². The molecule has 6 heteroatoms. The maximum atomic E-state index is 11.9. The molecule has 2 rings (SSSR count). The first kappa shape index (κ1) is 15.7. The number of nitrogens with one attached hydrogen (secondary N) is 2. The van der Waals surface area contributed by atoms with Crippen LogP contribution in [0, 0.1) is 11.3 Å². The molecule has 0 spiro atoms. The quantitative estimate of drug-likeness (QED) is 0.906. The predicted molar refractivity (Wildman–Crippen MR) is 85.0 cm³/mol. The molecular weight excluding hydrogens is 302 g/mol. The minimum absolute atomic E-state index is 0.296. The number of benzene rings is 2. The highest BCUT2D eigenvalue weighted by Gasteiger charge is 2.07. The zero-order valence-electron chi connectivity index (χ0n) is 11.9. The Hall–Kier alpha value is -2.71. The van der Waals surface area contributed by atoms with Crippen molar-refractivity contribution in [3.8, 4) is 11.8 Å². The molecule has 0 radical (unpaired) electrons. The number of amides is 2. The highest BCUT2D eigenvalue weighted by atomic mass is 35.5. The van der Waals surface area contributed by atoms with Crippen molar-refractivity contribution in [2.24, 2.45) is 0 Å². The number of nitrogens with zero attached hydrogens (tertiary/aromatic N) is 1. The lowest BCUT2D eigenvalue weighted by molar-refractivity contribution is 0.251. The van der Waals surface area contributed by atoms with Crippen molar-refractivity contribution in [2.75, 3.05) is 12.4 Å². The van der Waals surface area contributed by atoms with Crippen LogP contribution < -0.4 is 15.4 Å². The van der Waals surface area contributed by atoms with Gasteiger partial charge in [-0.15, -0.1) is 0 Å². The van der Waals surface area contributed by atoms with Crippen molar-refractivity contribution < 1.29 is 9.53 Å². The Labute approximate surface area is 133 Å². The molecule has 2 aromatic rings. The van der Waals surface area contributed by atoms with Crippen LogP contribution in [0.4, 0.5) is 10.5 Å². The van der Waals surface area contributed by atoms with E-state index in [1.807, 2.05) is 30.3 Å². The van der Waals surface area contributed by atoms with Crippen LogP contribution in [0.1, 0.15) is 11.1 Å². The summed E-state index contributed by atoms with van der Waals surface area (Å²) in [6.45, 7) is 0.333. The van der Waals surface area contributed by atoms with Crippen LogP contribution >= 0.6 is 11.6 Å². The first-order valence-electron chi connectivity index (χ1n) is 6.50. The van der Waals surface area contributed by atoms with Gasteiger partial charge in [0.15, 0.2) is 0 Å². The number of hydrogen-bond acceptors (Lipinski definition) is 3. The second kappa shape index (κ2) is 7.34. The SMILES string of the molecule is COc1ccccc1CNC(=O)Nc1ccc(C#N)c(Cl)c1. The summed E-state index contributed by atoms with van der Waals surface area (Å²) in [6, 6.07) is 13.7. The molecule has 0 bridgehead atoms. The van der Waals surface area contributed by atoms with Gasteiger partial charge in [0.2, 0.25) is 0 Å². The Morgan fingerprint density at radius 1 is 1.32 bits per heavy atom. The molecular formula is C16H14ClN3O2. The van der Waals surface area contributed by atoms with E-state index in [0.29, 0.717) is 28.6 Å². The Kier molecular flexibility index (Phi) is 5.23. The number of nitriles is 1. The summed E-state index contributed by atoms with van der Waals surface area (Å²) < 4.78 is 5.22. The maximum Gasteiger partial charge on any atom is 0.319 e. The molecule has 0 aliphatic heterocycles. The van der Waals surface area contributed by atoms with Crippen molar-refractivity contribution in [1.82, 2.24) is 5.32 Å². The molecule has 0 aliphatic rings. The van der Waals surface area contributed by atoms with Crippen molar-refractivity contribution in [3.05, 3.63) is 58.6 Å². The second-order valence-corrected chi connectivity index (χ2v) is 4.83. The van der Waals surface area contributed by atoms with Crippen molar-refractivity contribution in [3.63, 3.8) is 0 Å². The van der Waals surface area contributed by atoms with Gasteiger partial charge >= 0.3 is 6.03 Å². The molecule has 0 aromatic heterocycles. The summed E-state index contributed by atoms with van der Waals surface area (Å²) in [5.74, 6) is 0.712. The van der Waals surface area contributed by atoms with Crippen LogP contribution in [0.25, 0.3) is 0 Å². The lowest BCUT2D eigenvalue weighted by Crippen LogP contribution is -2.28. The van der Waals surface area contributed by atoms with Gasteiger partial charge in [0.25, 0.3) is 0 Å². The molecule has 112 valence electrons. The molecule has 0 unspecified atom stereocenters. The fourth-order valence-electron chi connectivity index (χ4n) is 1.88. The van der Waals surface area contributed by atoms with E-state index in [2.05, 4.69) is 10.6 Å². The van der Waals surface area contributed by atoms with E-state index in [4.69, 9.17) is 21.6 Å². The van der Waals surface area contributed by atoms with Gasteiger partial charge in [-0.2, -0.15) is 5.26 Å². The molecule has 5 nitrogen and oxygen atoms in total. The highest BCUT2D eigenvalue weighted by Crippen LogP contribution is 2.20. The summed E-state index contributed by atoms with van der Waals surface area (Å²) in [6.07, 6.45) is 0. The second-order valence-electron chi connectivity index (χ2n) is 4.43. The van der Waals surface area contributed by atoms with Gasteiger partial charge in [-0.3, -0.25) is 0 Å². The summed E-state index contributed by atoms with van der Waals surface area (Å²) in [4.78, 5) is 11.9. The van der Waals surface area contributed by atoms with Crippen LogP contribution in [0.15, 0.2) is 42.5 Å². The van der Waals surface area contributed by atoms with E-state index in [9.17, 15) is 4.79 Å². The standard InChI is InChI=1S/C16H14ClN3O2/c1-22-15-5-3-2-4-12(15)10-19-16(21)20-13-7-6-11(9-18)14(17)8-13/h2-8H,10H2,1H3,(H2,19,20,21). The third kappa shape index (κ3) is 3.90. The van der Waals surface area contributed by atoms with Gasteiger partial charge in [0, 0.05) is 17.8 Å². The number of carbonyl (C=O) groups excluding carboxylic acids is 1. The van der Waals surface area contributed by atoms with Gasteiger partial charge in [-0.1, -0.05) is 29.8 Å².